The molecule has 2 N–H and O–H groups in total. The van der Waals surface area contributed by atoms with Gasteiger partial charge in [0.2, 0.25) is 10.0 Å². The molecule has 1 aliphatic rings. The van der Waals surface area contributed by atoms with Crippen molar-refractivity contribution in [1.82, 2.24) is 4.31 Å². The van der Waals surface area contributed by atoms with Gasteiger partial charge >= 0.3 is 0 Å². The summed E-state index contributed by atoms with van der Waals surface area (Å²) in [7, 11) is -3.80. The molecule has 1 aromatic carbocycles. The van der Waals surface area contributed by atoms with Gasteiger partial charge in [-0.1, -0.05) is 13.8 Å². The lowest BCUT2D eigenvalue weighted by Gasteiger charge is -2.18. The highest BCUT2D eigenvalue weighted by atomic mass is 79.9. The van der Waals surface area contributed by atoms with Gasteiger partial charge in [0.25, 0.3) is 5.91 Å². The second-order valence-electron chi connectivity index (χ2n) is 5.40. The molecular weight excluding hydrogens is 363 g/mol. The van der Waals surface area contributed by atoms with Crippen LogP contribution in [0.1, 0.15) is 24.2 Å². The maximum Gasteiger partial charge on any atom is 0.251 e. The number of primary amides is 1. The van der Waals surface area contributed by atoms with Gasteiger partial charge in [-0.25, -0.2) is 12.8 Å². The van der Waals surface area contributed by atoms with E-state index in [0.717, 1.165) is 12.1 Å². The highest BCUT2D eigenvalue weighted by Gasteiger charge is 2.36. The van der Waals surface area contributed by atoms with E-state index >= 15 is 0 Å². The van der Waals surface area contributed by atoms with Crippen molar-refractivity contribution in [3.63, 3.8) is 0 Å². The zero-order chi connectivity index (χ0) is 15.9. The Hall–Kier alpha value is -0.990. The molecule has 2 rings (SSSR count). The third-order valence-corrected chi connectivity index (χ3v) is 6.65. The SMILES string of the molecule is CC1CN(S(=O)(=O)c2cc(C(N)=O)c(F)cc2Br)CC1C. The van der Waals surface area contributed by atoms with Gasteiger partial charge in [0, 0.05) is 17.6 Å². The highest BCUT2D eigenvalue weighted by Crippen LogP contribution is 2.32. The molecule has 5 nitrogen and oxygen atoms in total. The first-order chi connectivity index (χ1) is 9.64. The fourth-order valence-corrected chi connectivity index (χ4v) is 4.97. The summed E-state index contributed by atoms with van der Waals surface area (Å²) in [4.78, 5) is 11.1. The minimum Gasteiger partial charge on any atom is -0.366 e. The van der Waals surface area contributed by atoms with Crippen LogP contribution in [-0.2, 0) is 10.0 Å². The first-order valence-corrected chi connectivity index (χ1v) is 8.67. The zero-order valence-corrected chi connectivity index (χ0v) is 14.0. The monoisotopic (exact) mass is 378 g/mol. The first kappa shape index (κ1) is 16.4. The molecule has 21 heavy (non-hydrogen) atoms. The zero-order valence-electron chi connectivity index (χ0n) is 11.6. The molecule has 1 aliphatic heterocycles. The van der Waals surface area contributed by atoms with E-state index in [4.69, 9.17) is 5.73 Å². The Labute approximate surface area is 131 Å². The lowest BCUT2D eigenvalue weighted by Crippen LogP contribution is -2.30. The number of carbonyl (C=O) groups is 1. The summed E-state index contributed by atoms with van der Waals surface area (Å²) < 4.78 is 40.4. The summed E-state index contributed by atoms with van der Waals surface area (Å²) in [5, 5.41) is 0. The van der Waals surface area contributed by atoms with Crippen molar-refractivity contribution >= 4 is 31.9 Å². The summed E-state index contributed by atoms with van der Waals surface area (Å²) in [5.41, 5.74) is 4.64. The van der Waals surface area contributed by atoms with Crippen LogP contribution in [0.3, 0.4) is 0 Å². The highest BCUT2D eigenvalue weighted by molar-refractivity contribution is 9.10. The number of nitrogens with zero attached hydrogens (tertiary/aromatic N) is 1. The van der Waals surface area contributed by atoms with E-state index in [9.17, 15) is 17.6 Å². The summed E-state index contributed by atoms with van der Waals surface area (Å²) in [6, 6.07) is 1.95. The topological polar surface area (TPSA) is 80.5 Å². The number of amides is 1. The van der Waals surface area contributed by atoms with E-state index in [1.54, 1.807) is 0 Å². The van der Waals surface area contributed by atoms with Crippen molar-refractivity contribution in [1.29, 1.82) is 0 Å². The van der Waals surface area contributed by atoms with E-state index in [1.807, 2.05) is 13.8 Å². The van der Waals surface area contributed by atoms with Crippen molar-refractivity contribution in [3.8, 4) is 0 Å². The minimum absolute atomic E-state index is 0.0807. The van der Waals surface area contributed by atoms with Gasteiger partial charge in [-0.05, 0) is 39.9 Å². The van der Waals surface area contributed by atoms with Gasteiger partial charge < -0.3 is 5.73 Å². The normalized spacial score (nSPS) is 23.4. The van der Waals surface area contributed by atoms with E-state index in [1.165, 1.54) is 4.31 Å². The fraction of sp³-hybridized carbons (Fsp3) is 0.462. The van der Waals surface area contributed by atoms with Gasteiger partial charge in [-0.2, -0.15) is 4.31 Å². The molecule has 0 radical (unpaired) electrons. The molecule has 2 atom stereocenters. The number of carbonyl (C=O) groups excluding carboxylic acids is 1. The molecule has 116 valence electrons. The lowest BCUT2D eigenvalue weighted by molar-refractivity contribution is 0.0996. The molecule has 0 aliphatic carbocycles. The lowest BCUT2D eigenvalue weighted by atomic mass is 10.0. The van der Waals surface area contributed by atoms with Gasteiger partial charge in [0.15, 0.2) is 0 Å². The maximum absolute atomic E-state index is 13.6. The largest absolute Gasteiger partial charge is 0.366 e. The Kier molecular flexibility index (Phi) is 4.41. The number of benzene rings is 1. The molecule has 8 heteroatoms. The van der Waals surface area contributed by atoms with Crippen molar-refractivity contribution in [2.45, 2.75) is 18.7 Å². The Balaban J connectivity index is 2.50. The second-order valence-corrected chi connectivity index (χ2v) is 8.16. The Morgan fingerprint density at radius 2 is 1.86 bits per heavy atom. The Morgan fingerprint density at radius 3 is 2.33 bits per heavy atom. The molecule has 1 amide bonds. The number of halogens is 2. The number of hydrogen-bond donors (Lipinski definition) is 1. The molecule has 0 aromatic heterocycles. The van der Waals surface area contributed by atoms with Gasteiger partial charge in [-0.15, -0.1) is 0 Å². The predicted octanol–water partition coefficient (Wildman–Crippen LogP) is 1.96. The van der Waals surface area contributed by atoms with Crippen molar-refractivity contribution < 1.29 is 17.6 Å². The van der Waals surface area contributed by atoms with Crippen LogP contribution in [0, 0.1) is 17.7 Å². The molecule has 0 bridgehead atoms. The third kappa shape index (κ3) is 2.97. The standard InChI is InChI=1S/C13H16BrFN2O3S/c1-7-5-17(6-8(7)2)21(19,20)12-3-9(13(16)18)11(15)4-10(12)14/h3-4,7-8H,5-6H2,1-2H3,(H2,16,18). The maximum atomic E-state index is 13.6. The average molecular weight is 379 g/mol. The Bertz CT molecular complexity index is 683. The van der Waals surface area contributed by atoms with Crippen molar-refractivity contribution in [3.05, 3.63) is 28.0 Å². The van der Waals surface area contributed by atoms with E-state index in [-0.39, 0.29) is 21.2 Å². The van der Waals surface area contributed by atoms with Crippen LogP contribution < -0.4 is 5.73 Å². The molecule has 2 unspecified atom stereocenters. The van der Waals surface area contributed by atoms with Crippen LogP contribution in [0.25, 0.3) is 0 Å². The predicted molar refractivity (Wildman–Crippen MR) is 79.7 cm³/mol. The molecule has 1 fully saturated rings. The smallest absolute Gasteiger partial charge is 0.251 e. The van der Waals surface area contributed by atoms with Crippen molar-refractivity contribution in [2.24, 2.45) is 17.6 Å². The number of nitrogens with two attached hydrogens (primary N) is 1. The number of rotatable bonds is 3. The summed E-state index contributed by atoms with van der Waals surface area (Å²) in [5.74, 6) is -1.36. The molecule has 1 saturated heterocycles. The first-order valence-electron chi connectivity index (χ1n) is 6.43. The molecule has 0 saturated carbocycles. The van der Waals surface area contributed by atoms with E-state index in [0.29, 0.717) is 13.1 Å². The molecular formula is C13H16BrFN2O3S. The van der Waals surface area contributed by atoms with Crippen LogP contribution in [0.15, 0.2) is 21.5 Å². The minimum atomic E-state index is -3.80. The van der Waals surface area contributed by atoms with Crippen molar-refractivity contribution in [2.75, 3.05) is 13.1 Å². The van der Waals surface area contributed by atoms with Crippen LogP contribution in [-0.4, -0.2) is 31.7 Å². The summed E-state index contributed by atoms with van der Waals surface area (Å²) >= 11 is 3.05. The van der Waals surface area contributed by atoms with Gasteiger partial charge in [-0.3, -0.25) is 4.79 Å². The van der Waals surface area contributed by atoms with Crippen LogP contribution >= 0.6 is 15.9 Å². The summed E-state index contributed by atoms with van der Waals surface area (Å²) in [6.45, 7) is 4.77. The van der Waals surface area contributed by atoms with Gasteiger partial charge in [0.1, 0.15) is 5.82 Å². The second kappa shape index (κ2) is 5.66. The summed E-state index contributed by atoms with van der Waals surface area (Å²) in [6.07, 6.45) is 0. The fourth-order valence-electron chi connectivity index (χ4n) is 2.33. The van der Waals surface area contributed by atoms with Crippen LogP contribution in [0.4, 0.5) is 4.39 Å². The quantitative estimate of drug-likeness (QED) is 0.872. The van der Waals surface area contributed by atoms with E-state index in [2.05, 4.69) is 15.9 Å². The number of sulfonamides is 1. The molecule has 1 aromatic rings. The van der Waals surface area contributed by atoms with Crippen LogP contribution in [0.2, 0.25) is 0 Å². The van der Waals surface area contributed by atoms with Gasteiger partial charge in [0.05, 0.1) is 10.5 Å². The molecule has 0 spiro atoms. The average Bonchev–Trinajstić information content (AvgIpc) is 2.69. The Morgan fingerprint density at radius 1 is 1.33 bits per heavy atom. The van der Waals surface area contributed by atoms with Crippen LogP contribution in [0.5, 0.6) is 0 Å². The third-order valence-electron chi connectivity index (χ3n) is 3.86. The number of hydrogen-bond acceptors (Lipinski definition) is 3. The molecule has 1 heterocycles. The van der Waals surface area contributed by atoms with E-state index < -0.39 is 27.3 Å².